The molecule has 0 aromatic carbocycles. The van der Waals surface area contributed by atoms with Crippen LogP contribution in [0.3, 0.4) is 0 Å². The van der Waals surface area contributed by atoms with Crippen LogP contribution in [0.2, 0.25) is 5.15 Å². The van der Waals surface area contributed by atoms with Gasteiger partial charge in [0, 0.05) is 45.8 Å². The summed E-state index contributed by atoms with van der Waals surface area (Å²) in [6, 6.07) is 4.15. The fourth-order valence-corrected chi connectivity index (χ4v) is 2.93. The summed E-state index contributed by atoms with van der Waals surface area (Å²) in [5, 5.41) is 3.96. The van der Waals surface area contributed by atoms with Gasteiger partial charge in [-0.05, 0) is 17.7 Å². The fraction of sp³-hybridized carbons (Fsp3) is 0.643. The van der Waals surface area contributed by atoms with Crippen molar-refractivity contribution in [3.63, 3.8) is 0 Å². The fourth-order valence-electron chi connectivity index (χ4n) is 2.71. The number of morpholine rings is 1. The number of pyridine rings is 1. The topological polar surface area (TPSA) is 40.6 Å². The second-order valence-electron chi connectivity index (χ2n) is 5.28. The molecular weight excluding hydrogens is 276 g/mol. The average molecular weight is 297 g/mol. The largest absolute Gasteiger partial charge is 0.378 e. The molecule has 0 spiro atoms. The van der Waals surface area contributed by atoms with Crippen LogP contribution in [0, 0.1) is 0 Å². The standard InChI is InChI=1S/C14H21ClN4O/c15-13-9-12(11-18-3-1-16-2-4-18)10-14(17-13)19-5-7-20-8-6-19/h9-10,16H,1-8,11H2. The third-order valence-corrected chi connectivity index (χ3v) is 3.98. The summed E-state index contributed by atoms with van der Waals surface area (Å²) in [4.78, 5) is 9.15. The molecule has 5 nitrogen and oxygen atoms in total. The zero-order valence-corrected chi connectivity index (χ0v) is 12.4. The lowest BCUT2D eigenvalue weighted by molar-refractivity contribution is 0.122. The van der Waals surface area contributed by atoms with Gasteiger partial charge < -0.3 is 15.0 Å². The Morgan fingerprint density at radius 2 is 1.90 bits per heavy atom. The van der Waals surface area contributed by atoms with E-state index in [2.05, 4.69) is 26.2 Å². The molecule has 6 heteroatoms. The molecule has 110 valence electrons. The highest BCUT2D eigenvalue weighted by Gasteiger charge is 2.15. The highest BCUT2D eigenvalue weighted by molar-refractivity contribution is 6.29. The van der Waals surface area contributed by atoms with Gasteiger partial charge >= 0.3 is 0 Å². The first-order valence-corrected chi connectivity index (χ1v) is 7.61. The van der Waals surface area contributed by atoms with Crippen LogP contribution in [-0.4, -0.2) is 62.4 Å². The monoisotopic (exact) mass is 296 g/mol. The van der Waals surface area contributed by atoms with Crippen molar-refractivity contribution in [3.05, 3.63) is 22.8 Å². The van der Waals surface area contributed by atoms with E-state index in [0.717, 1.165) is 64.8 Å². The van der Waals surface area contributed by atoms with Gasteiger partial charge in [-0.3, -0.25) is 4.90 Å². The molecule has 1 N–H and O–H groups in total. The molecule has 2 aliphatic rings. The number of aromatic nitrogens is 1. The molecule has 0 aliphatic carbocycles. The molecule has 20 heavy (non-hydrogen) atoms. The predicted molar refractivity (Wildman–Crippen MR) is 80.4 cm³/mol. The maximum atomic E-state index is 6.19. The van der Waals surface area contributed by atoms with Crippen molar-refractivity contribution in [2.24, 2.45) is 0 Å². The van der Waals surface area contributed by atoms with E-state index in [9.17, 15) is 0 Å². The van der Waals surface area contributed by atoms with Crippen molar-refractivity contribution in [1.82, 2.24) is 15.2 Å². The van der Waals surface area contributed by atoms with Crippen molar-refractivity contribution < 1.29 is 4.74 Å². The summed E-state index contributed by atoms with van der Waals surface area (Å²) >= 11 is 6.19. The van der Waals surface area contributed by atoms with Crippen molar-refractivity contribution in [1.29, 1.82) is 0 Å². The molecule has 1 aromatic rings. The van der Waals surface area contributed by atoms with E-state index >= 15 is 0 Å². The number of anilines is 1. The van der Waals surface area contributed by atoms with Gasteiger partial charge in [-0.15, -0.1) is 0 Å². The normalized spacial score (nSPS) is 21.1. The second-order valence-corrected chi connectivity index (χ2v) is 5.67. The third-order valence-electron chi connectivity index (χ3n) is 3.79. The summed E-state index contributed by atoms with van der Waals surface area (Å²) < 4.78 is 5.39. The first-order valence-electron chi connectivity index (χ1n) is 7.23. The van der Waals surface area contributed by atoms with E-state index in [1.807, 2.05) is 6.07 Å². The Bertz CT molecular complexity index is 445. The molecule has 0 bridgehead atoms. The third kappa shape index (κ3) is 3.61. The average Bonchev–Trinajstić information content (AvgIpc) is 2.49. The molecule has 3 heterocycles. The van der Waals surface area contributed by atoms with Crippen molar-refractivity contribution in [2.75, 3.05) is 57.4 Å². The van der Waals surface area contributed by atoms with Gasteiger partial charge in [0.2, 0.25) is 0 Å². The zero-order valence-electron chi connectivity index (χ0n) is 11.6. The Kier molecular flexibility index (Phi) is 4.73. The molecule has 2 fully saturated rings. The molecule has 2 aliphatic heterocycles. The Morgan fingerprint density at radius 3 is 2.65 bits per heavy atom. The van der Waals surface area contributed by atoms with E-state index in [1.165, 1.54) is 5.56 Å². The lowest BCUT2D eigenvalue weighted by Crippen LogP contribution is -2.43. The summed E-state index contributed by atoms with van der Waals surface area (Å²) in [5.74, 6) is 0.978. The van der Waals surface area contributed by atoms with Gasteiger partial charge in [0.25, 0.3) is 0 Å². The van der Waals surface area contributed by atoms with Crippen LogP contribution in [0.1, 0.15) is 5.56 Å². The van der Waals surface area contributed by atoms with Crippen LogP contribution in [0.25, 0.3) is 0 Å². The minimum atomic E-state index is 0.583. The number of piperazine rings is 1. The Balaban J connectivity index is 1.71. The first-order chi connectivity index (χ1) is 9.81. The number of rotatable bonds is 3. The smallest absolute Gasteiger partial charge is 0.131 e. The van der Waals surface area contributed by atoms with Crippen LogP contribution in [0.4, 0.5) is 5.82 Å². The number of hydrogen-bond donors (Lipinski definition) is 1. The van der Waals surface area contributed by atoms with Crippen LogP contribution in [-0.2, 0) is 11.3 Å². The van der Waals surface area contributed by atoms with Gasteiger partial charge in [-0.1, -0.05) is 11.6 Å². The van der Waals surface area contributed by atoms with Crippen molar-refractivity contribution in [2.45, 2.75) is 6.54 Å². The lowest BCUT2D eigenvalue weighted by atomic mass is 10.2. The molecular formula is C14H21ClN4O. The van der Waals surface area contributed by atoms with E-state index < -0.39 is 0 Å². The summed E-state index contributed by atoms with van der Waals surface area (Å²) in [6.07, 6.45) is 0. The van der Waals surface area contributed by atoms with Crippen LogP contribution < -0.4 is 10.2 Å². The number of nitrogens with zero attached hydrogens (tertiary/aromatic N) is 3. The SMILES string of the molecule is Clc1cc(CN2CCNCC2)cc(N2CCOCC2)n1. The van der Waals surface area contributed by atoms with E-state index in [-0.39, 0.29) is 0 Å². The quantitative estimate of drug-likeness (QED) is 0.842. The molecule has 2 saturated heterocycles. The number of hydrogen-bond acceptors (Lipinski definition) is 5. The van der Waals surface area contributed by atoms with Gasteiger partial charge in [0.05, 0.1) is 13.2 Å². The highest BCUT2D eigenvalue weighted by atomic mass is 35.5. The van der Waals surface area contributed by atoms with E-state index in [0.29, 0.717) is 5.15 Å². The Labute approximate surface area is 124 Å². The molecule has 0 atom stereocenters. The van der Waals surface area contributed by atoms with Gasteiger partial charge in [-0.25, -0.2) is 4.98 Å². The summed E-state index contributed by atoms with van der Waals surface area (Å²) in [5.41, 5.74) is 1.24. The summed E-state index contributed by atoms with van der Waals surface area (Å²) in [6.45, 7) is 8.56. The number of nitrogens with one attached hydrogen (secondary N) is 1. The minimum absolute atomic E-state index is 0.583. The Morgan fingerprint density at radius 1 is 1.15 bits per heavy atom. The molecule has 0 saturated carbocycles. The highest BCUT2D eigenvalue weighted by Crippen LogP contribution is 2.20. The van der Waals surface area contributed by atoms with Gasteiger partial charge in [-0.2, -0.15) is 0 Å². The number of ether oxygens (including phenoxy) is 1. The van der Waals surface area contributed by atoms with E-state index in [1.54, 1.807) is 0 Å². The minimum Gasteiger partial charge on any atom is -0.378 e. The van der Waals surface area contributed by atoms with Crippen molar-refractivity contribution in [3.8, 4) is 0 Å². The van der Waals surface area contributed by atoms with Crippen LogP contribution in [0.15, 0.2) is 12.1 Å². The van der Waals surface area contributed by atoms with Gasteiger partial charge in [0.15, 0.2) is 0 Å². The van der Waals surface area contributed by atoms with E-state index in [4.69, 9.17) is 16.3 Å². The van der Waals surface area contributed by atoms with Crippen molar-refractivity contribution >= 4 is 17.4 Å². The lowest BCUT2D eigenvalue weighted by Gasteiger charge is -2.30. The van der Waals surface area contributed by atoms with Crippen LogP contribution in [0.5, 0.6) is 0 Å². The molecule has 0 unspecified atom stereocenters. The first kappa shape index (κ1) is 14.1. The van der Waals surface area contributed by atoms with Gasteiger partial charge in [0.1, 0.15) is 11.0 Å². The predicted octanol–water partition coefficient (Wildman–Crippen LogP) is 0.977. The molecule has 3 rings (SSSR count). The summed E-state index contributed by atoms with van der Waals surface area (Å²) in [7, 11) is 0. The molecule has 0 amide bonds. The molecule has 1 aromatic heterocycles. The maximum absolute atomic E-state index is 6.19. The molecule has 0 radical (unpaired) electrons. The Hall–Kier alpha value is -0.880. The van der Waals surface area contributed by atoms with Crippen LogP contribution >= 0.6 is 11.6 Å². The second kappa shape index (κ2) is 6.72. The number of halogens is 1. The zero-order chi connectivity index (χ0) is 13.8. The maximum Gasteiger partial charge on any atom is 0.131 e.